The van der Waals surface area contributed by atoms with Crippen LogP contribution in [-0.2, 0) is 38.9 Å². The third kappa shape index (κ3) is 4.72. The molecular formula is C21H17FN8O4S4. The average molecular weight is 593 g/mol. The van der Waals surface area contributed by atoms with Crippen LogP contribution in [0.3, 0.4) is 0 Å². The summed E-state index contributed by atoms with van der Waals surface area (Å²) in [4.78, 5) is 52.8. The first-order chi connectivity index (χ1) is 18.3. The van der Waals surface area contributed by atoms with Gasteiger partial charge in [0.25, 0.3) is 18.7 Å². The molecule has 2 amide bonds. The van der Waals surface area contributed by atoms with Gasteiger partial charge in [-0.15, -0.1) is 23.1 Å². The van der Waals surface area contributed by atoms with Gasteiger partial charge in [-0.3, -0.25) is 14.5 Å². The number of amides is 2. The van der Waals surface area contributed by atoms with Crippen LogP contribution < -0.4 is 15.6 Å². The number of rotatable bonds is 8. The molecule has 2 aliphatic rings. The van der Waals surface area contributed by atoms with Gasteiger partial charge in [0, 0.05) is 40.4 Å². The number of carbonyl (C=O) groups excluding carboxylic acids is 3. The second-order valence-corrected chi connectivity index (χ2v) is 11.0. The lowest BCUT2D eigenvalue weighted by Crippen LogP contribution is -2.70. The van der Waals surface area contributed by atoms with E-state index in [1.54, 1.807) is 0 Å². The highest BCUT2D eigenvalue weighted by Gasteiger charge is 2.53. The molecule has 38 heavy (non-hydrogen) atoms. The topological polar surface area (TPSA) is 157 Å². The maximum absolute atomic E-state index is 13.1. The van der Waals surface area contributed by atoms with Crippen molar-refractivity contribution in [2.45, 2.75) is 11.4 Å². The summed E-state index contributed by atoms with van der Waals surface area (Å²) in [5.41, 5.74) is 7.36. The van der Waals surface area contributed by atoms with E-state index < -0.39 is 40.9 Å². The number of nitrogens with two attached hydrogens (primary N) is 1. The quantitative estimate of drug-likeness (QED) is 0.125. The molecule has 2 aliphatic heterocycles. The van der Waals surface area contributed by atoms with E-state index in [0.717, 1.165) is 22.9 Å². The van der Waals surface area contributed by atoms with E-state index in [-0.39, 0.29) is 16.7 Å². The number of nitrogens with zero attached hydrogens (tertiary/aromatic N) is 6. The van der Waals surface area contributed by atoms with Crippen LogP contribution in [0.5, 0.6) is 0 Å². The number of carbonyl (C=O) groups is 3. The van der Waals surface area contributed by atoms with Crippen molar-refractivity contribution in [1.29, 1.82) is 0 Å². The summed E-state index contributed by atoms with van der Waals surface area (Å²) >= 11 is 8.48. The highest BCUT2D eigenvalue weighted by Crippen LogP contribution is 2.44. The Bertz CT molecular complexity index is 1510. The lowest BCUT2D eigenvalue weighted by Gasteiger charge is -2.50. The van der Waals surface area contributed by atoms with E-state index in [1.165, 1.54) is 28.0 Å². The number of hydrogen-bond donors (Lipinski definition) is 2. The number of nitrogen functional groups attached to an aromatic ring is 1. The van der Waals surface area contributed by atoms with Crippen molar-refractivity contribution in [2.24, 2.45) is 12.2 Å². The van der Waals surface area contributed by atoms with Crippen LogP contribution in [0.15, 0.2) is 40.6 Å². The Kier molecular flexibility index (Phi) is 7.33. The fourth-order valence-electron chi connectivity index (χ4n) is 3.91. The molecule has 0 aromatic carbocycles. The van der Waals surface area contributed by atoms with Gasteiger partial charge in [0.1, 0.15) is 29.2 Å². The lowest BCUT2D eigenvalue weighted by atomic mass is 10.0. The zero-order chi connectivity index (χ0) is 27.0. The molecular weight excluding hydrogens is 576 g/mol. The standard InChI is InChI=1S/C21H17FN8O4S4/c1-29-5-3-2-4-11(29)10-7-36-17(24-10)9-6-37-19-13(18(32)30(19)14(9)20(33)35)25-16(31)12(27-34-8-22)15-26-21(23)38-28-15/h2-5,7,13,19H,6,8H2,1H3,(H3-,23,25,26,28,31,33,35)/b27-12-/t13-,19-/m1/s1. The number of halogens is 1. The molecule has 3 aromatic rings. The number of thiazole rings is 1. The molecule has 5 rings (SSSR count). The van der Waals surface area contributed by atoms with Crippen LogP contribution in [0, 0.1) is 0 Å². The monoisotopic (exact) mass is 592 g/mol. The van der Waals surface area contributed by atoms with Crippen LogP contribution in [-0.4, -0.2) is 65.9 Å². The molecule has 0 aliphatic carbocycles. The molecule has 2 atom stereocenters. The van der Waals surface area contributed by atoms with Gasteiger partial charge >= 0.3 is 0 Å². The number of pyridine rings is 1. The van der Waals surface area contributed by atoms with Gasteiger partial charge in [-0.2, -0.15) is 13.9 Å². The molecule has 3 N–H and O–H groups in total. The van der Waals surface area contributed by atoms with Crippen molar-refractivity contribution in [1.82, 2.24) is 24.6 Å². The Morgan fingerprint density at radius 2 is 2.21 bits per heavy atom. The summed E-state index contributed by atoms with van der Waals surface area (Å²) in [6.07, 6.45) is 1.90. The Morgan fingerprint density at radius 1 is 1.39 bits per heavy atom. The molecule has 17 heteroatoms. The number of hydrogen-bond acceptors (Lipinski definition) is 13. The first kappa shape index (κ1) is 26.1. The van der Waals surface area contributed by atoms with E-state index in [4.69, 9.17) is 23.3 Å². The van der Waals surface area contributed by atoms with Crippen molar-refractivity contribution in [2.75, 3.05) is 18.3 Å². The summed E-state index contributed by atoms with van der Waals surface area (Å²) in [6.45, 7) is -1.29. The Hall–Kier alpha value is -3.54. The van der Waals surface area contributed by atoms with Gasteiger partial charge < -0.3 is 33.3 Å². The van der Waals surface area contributed by atoms with Gasteiger partial charge in [0.15, 0.2) is 11.3 Å². The minimum Gasteiger partial charge on any atom is -0.735 e. The van der Waals surface area contributed by atoms with Crippen LogP contribution >= 0.6 is 34.6 Å². The maximum Gasteiger partial charge on any atom is 0.278 e. The number of anilines is 1. The minimum absolute atomic E-state index is 0.0621. The normalized spacial score (nSPS) is 19.2. The third-order valence-electron chi connectivity index (χ3n) is 5.60. The largest absolute Gasteiger partial charge is 0.735 e. The molecule has 1 saturated heterocycles. The number of alkyl halides is 1. The van der Waals surface area contributed by atoms with Gasteiger partial charge in [0.05, 0.1) is 10.8 Å². The summed E-state index contributed by atoms with van der Waals surface area (Å²) in [5, 5.41) is 7.19. The SMILES string of the molecule is C[n+]1ccccc1-c1csc(C2=C(C(=O)[S-])N3C(=O)[C@@H](NC(=O)/C(=N\OCF)c4nsc(N)n4)[C@H]3SC2)n1. The van der Waals surface area contributed by atoms with E-state index in [9.17, 15) is 18.8 Å². The van der Waals surface area contributed by atoms with Crippen molar-refractivity contribution in [3.63, 3.8) is 0 Å². The van der Waals surface area contributed by atoms with Gasteiger partial charge in [-0.25, -0.2) is 9.37 Å². The predicted octanol–water partition coefficient (Wildman–Crippen LogP) is 0.601. The summed E-state index contributed by atoms with van der Waals surface area (Å²) in [5.74, 6) is -1.24. The van der Waals surface area contributed by atoms with Crippen molar-refractivity contribution >= 4 is 80.6 Å². The number of aryl methyl sites for hydroxylation is 1. The molecule has 12 nitrogen and oxygen atoms in total. The molecule has 3 aromatic heterocycles. The van der Waals surface area contributed by atoms with E-state index in [2.05, 4.69) is 24.7 Å². The Morgan fingerprint density at radius 3 is 2.89 bits per heavy atom. The highest BCUT2D eigenvalue weighted by molar-refractivity contribution is 8.00. The zero-order valence-electron chi connectivity index (χ0n) is 19.4. The zero-order valence-corrected chi connectivity index (χ0v) is 22.6. The fraction of sp³-hybridized carbons (Fsp3) is 0.238. The molecule has 0 spiro atoms. The smallest absolute Gasteiger partial charge is 0.278 e. The number of oxime groups is 1. The third-order valence-corrected chi connectivity index (χ3v) is 8.52. The maximum atomic E-state index is 13.1. The molecule has 1 fully saturated rings. The van der Waals surface area contributed by atoms with Crippen LogP contribution in [0.25, 0.3) is 17.0 Å². The van der Waals surface area contributed by atoms with Gasteiger partial charge in [-0.1, -0.05) is 5.16 Å². The molecule has 0 bridgehead atoms. The summed E-state index contributed by atoms with van der Waals surface area (Å²) < 4.78 is 18.3. The number of β-lactam (4-membered cyclic amide) rings is 1. The predicted molar refractivity (Wildman–Crippen MR) is 141 cm³/mol. The molecule has 5 heterocycles. The van der Waals surface area contributed by atoms with Crippen LogP contribution in [0.4, 0.5) is 9.52 Å². The van der Waals surface area contributed by atoms with E-state index in [0.29, 0.717) is 16.3 Å². The van der Waals surface area contributed by atoms with Gasteiger partial charge in [-0.05, 0) is 6.07 Å². The second kappa shape index (κ2) is 10.7. The minimum atomic E-state index is -1.29. The summed E-state index contributed by atoms with van der Waals surface area (Å²) in [6, 6.07) is 4.73. The molecule has 0 radical (unpaired) electrons. The summed E-state index contributed by atoms with van der Waals surface area (Å²) in [7, 11) is 1.90. The lowest BCUT2D eigenvalue weighted by molar-refractivity contribution is -0.660. The highest BCUT2D eigenvalue weighted by atomic mass is 32.2. The van der Waals surface area contributed by atoms with Crippen molar-refractivity contribution < 1.29 is 28.2 Å². The number of fused-ring (bicyclic) bond motifs is 1. The van der Waals surface area contributed by atoms with Crippen LogP contribution in [0.2, 0.25) is 0 Å². The number of thioether (sulfide) groups is 1. The molecule has 196 valence electrons. The first-order valence-electron chi connectivity index (χ1n) is 10.8. The Labute approximate surface area is 232 Å². The Balaban J connectivity index is 1.39. The van der Waals surface area contributed by atoms with Crippen molar-refractivity contribution in [3.05, 3.63) is 46.3 Å². The number of nitrogens with one attached hydrogen (secondary N) is 1. The van der Waals surface area contributed by atoms with E-state index in [1.807, 2.05) is 41.4 Å². The van der Waals surface area contributed by atoms with E-state index >= 15 is 0 Å². The molecule has 0 saturated carbocycles. The van der Waals surface area contributed by atoms with Crippen LogP contribution in [0.1, 0.15) is 10.8 Å². The number of aromatic nitrogens is 4. The average Bonchev–Trinajstić information content (AvgIpc) is 3.56. The molecule has 0 unspecified atom stereocenters. The first-order valence-corrected chi connectivity index (χ1v) is 13.9. The van der Waals surface area contributed by atoms with Gasteiger partial charge in [0.2, 0.25) is 17.2 Å². The van der Waals surface area contributed by atoms with Crippen molar-refractivity contribution in [3.8, 4) is 11.4 Å². The fourth-order valence-corrected chi connectivity index (χ4v) is 6.86. The second-order valence-electron chi connectivity index (χ2n) is 7.84.